The first-order chi connectivity index (χ1) is 9.04. The first-order valence-corrected chi connectivity index (χ1v) is 6.27. The summed E-state index contributed by atoms with van der Waals surface area (Å²) in [5.74, 6) is 6.15. The summed E-state index contributed by atoms with van der Waals surface area (Å²) in [5.41, 5.74) is 2.10. The number of anilines is 2. The van der Waals surface area contributed by atoms with Crippen LogP contribution < -0.4 is 16.2 Å². The predicted octanol–water partition coefficient (Wildman–Crippen LogP) is 1.30. The van der Waals surface area contributed by atoms with Crippen LogP contribution in [-0.2, 0) is 0 Å². The molecule has 2 atom stereocenters. The second kappa shape index (κ2) is 5.35. The Morgan fingerprint density at radius 1 is 1.47 bits per heavy atom. The Hall–Kier alpha value is -1.96. The molecule has 0 amide bonds. The van der Waals surface area contributed by atoms with E-state index in [1.165, 1.54) is 6.33 Å². The molecule has 104 valence electrons. The maximum Gasteiger partial charge on any atom is 0.354 e. The van der Waals surface area contributed by atoms with Gasteiger partial charge in [-0.2, -0.15) is 0 Å². The molecule has 0 aromatic carbocycles. The minimum atomic E-state index is -0.490. The van der Waals surface area contributed by atoms with Crippen LogP contribution in [0.2, 0.25) is 0 Å². The van der Waals surface area contributed by atoms with Crippen molar-refractivity contribution in [2.24, 2.45) is 11.8 Å². The number of hydrogen-bond donors (Lipinski definition) is 2. The highest BCUT2D eigenvalue weighted by Gasteiger charge is 2.32. The van der Waals surface area contributed by atoms with Crippen LogP contribution in [0.25, 0.3) is 0 Å². The summed E-state index contributed by atoms with van der Waals surface area (Å²) in [4.78, 5) is 20.6. The Kier molecular flexibility index (Phi) is 3.79. The zero-order chi connectivity index (χ0) is 14.0. The quantitative estimate of drug-likeness (QED) is 0.482. The number of aromatic nitrogens is 2. The fraction of sp³-hybridized carbons (Fsp3) is 0.636. The zero-order valence-electron chi connectivity index (χ0n) is 11.0. The Labute approximate surface area is 111 Å². The maximum atomic E-state index is 11.2. The third kappa shape index (κ3) is 2.58. The lowest BCUT2D eigenvalue weighted by Crippen LogP contribution is -2.42. The lowest BCUT2D eigenvalue weighted by molar-refractivity contribution is -0.383. The van der Waals surface area contributed by atoms with Crippen LogP contribution in [-0.4, -0.2) is 27.5 Å². The second-order valence-electron chi connectivity index (χ2n) is 4.98. The van der Waals surface area contributed by atoms with Gasteiger partial charge in [0.05, 0.1) is 4.92 Å². The summed E-state index contributed by atoms with van der Waals surface area (Å²) in [6.45, 7) is 4.93. The lowest BCUT2D eigenvalue weighted by atomic mass is 9.95. The van der Waals surface area contributed by atoms with Gasteiger partial charge in [0, 0.05) is 12.6 Å². The molecule has 0 spiro atoms. The van der Waals surface area contributed by atoms with Gasteiger partial charge in [-0.05, 0) is 25.7 Å². The molecule has 1 saturated heterocycles. The molecule has 1 aromatic rings. The number of nitrogens with two attached hydrogens (primary N) is 1. The third-order valence-corrected chi connectivity index (χ3v) is 3.51. The molecule has 0 aliphatic carbocycles. The van der Waals surface area contributed by atoms with E-state index in [0.717, 1.165) is 19.4 Å². The molecule has 8 heteroatoms. The monoisotopic (exact) mass is 266 g/mol. The highest BCUT2D eigenvalue weighted by Crippen LogP contribution is 2.35. The smallest absolute Gasteiger partial charge is 0.348 e. The first kappa shape index (κ1) is 13.5. The SMILES string of the molecule is CC1CCC(C)N(c2ncnc(NN)c2[N+](=O)[O-])C1. The molecule has 1 aliphatic rings. The average molecular weight is 266 g/mol. The van der Waals surface area contributed by atoms with E-state index in [1.807, 2.05) is 11.8 Å². The van der Waals surface area contributed by atoms with E-state index >= 15 is 0 Å². The highest BCUT2D eigenvalue weighted by atomic mass is 16.6. The molecule has 2 heterocycles. The highest BCUT2D eigenvalue weighted by molar-refractivity contribution is 5.70. The molecule has 2 unspecified atom stereocenters. The van der Waals surface area contributed by atoms with Gasteiger partial charge in [0.1, 0.15) is 6.33 Å². The van der Waals surface area contributed by atoms with Crippen molar-refractivity contribution in [1.82, 2.24) is 9.97 Å². The largest absolute Gasteiger partial charge is 0.354 e. The molecule has 1 fully saturated rings. The molecule has 0 radical (unpaired) electrons. The minimum absolute atomic E-state index is 0.0421. The Morgan fingerprint density at radius 3 is 2.84 bits per heavy atom. The molecule has 2 rings (SSSR count). The Balaban J connectivity index is 2.46. The van der Waals surface area contributed by atoms with Crippen molar-refractivity contribution in [1.29, 1.82) is 0 Å². The van der Waals surface area contributed by atoms with Gasteiger partial charge in [-0.1, -0.05) is 6.92 Å². The molecule has 0 bridgehead atoms. The van der Waals surface area contributed by atoms with E-state index in [-0.39, 0.29) is 17.5 Å². The fourth-order valence-electron chi connectivity index (χ4n) is 2.44. The second-order valence-corrected chi connectivity index (χ2v) is 4.98. The number of nitrogens with one attached hydrogen (secondary N) is 1. The Morgan fingerprint density at radius 2 is 2.21 bits per heavy atom. The van der Waals surface area contributed by atoms with Gasteiger partial charge in [-0.25, -0.2) is 15.8 Å². The number of rotatable bonds is 3. The fourth-order valence-corrected chi connectivity index (χ4v) is 2.44. The van der Waals surface area contributed by atoms with E-state index in [4.69, 9.17) is 5.84 Å². The van der Waals surface area contributed by atoms with Crippen molar-refractivity contribution >= 4 is 17.3 Å². The first-order valence-electron chi connectivity index (χ1n) is 6.27. The van der Waals surface area contributed by atoms with Gasteiger partial charge < -0.3 is 10.3 Å². The summed E-state index contributed by atoms with van der Waals surface area (Å²) in [6.07, 6.45) is 3.41. The van der Waals surface area contributed by atoms with Gasteiger partial charge in [0.2, 0.25) is 11.6 Å². The van der Waals surface area contributed by atoms with Crippen LogP contribution in [0.15, 0.2) is 6.33 Å². The van der Waals surface area contributed by atoms with Crippen molar-refractivity contribution < 1.29 is 4.92 Å². The summed E-state index contributed by atoms with van der Waals surface area (Å²) in [5, 5.41) is 11.2. The van der Waals surface area contributed by atoms with Gasteiger partial charge >= 0.3 is 5.69 Å². The van der Waals surface area contributed by atoms with Gasteiger partial charge in [0.25, 0.3) is 0 Å². The van der Waals surface area contributed by atoms with E-state index in [9.17, 15) is 10.1 Å². The van der Waals surface area contributed by atoms with E-state index in [2.05, 4.69) is 22.3 Å². The Bertz CT molecular complexity index is 480. The number of nitrogen functional groups attached to an aromatic ring is 1. The molecule has 1 aromatic heterocycles. The van der Waals surface area contributed by atoms with Crippen LogP contribution in [0, 0.1) is 16.0 Å². The normalized spacial score (nSPS) is 23.2. The van der Waals surface area contributed by atoms with Gasteiger partial charge in [-0.3, -0.25) is 10.1 Å². The summed E-state index contributed by atoms with van der Waals surface area (Å²) < 4.78 is 0. The molecular formula is C11H18N6O2. The van der Waals surface area contributed by atoms with Crippen molar-refractivity contribution in [2.75, 3.05) is 16.9 Å². The number of hydrazine groups is 1. The summed E-state index contributed by atoms with van der Waals surface area (Å²) in [6, 6.07) is 0.218. The topological polar surface area (TPSA) is 110 Å². The average Bonchev–Trinajstić information content (AvgIpc) is 2.40. The van der Waals surface area contributed by atoms with E-state index in [1.54, 1.807) is 0 Å². The maximum absolute atomic E-state index is 11.2. The summed E-state index contributed by atoms with van der Waals surface area (Å²) in [7, 11) is 0. The number of hydrogen-bond acceptors (Lipinski definition) is 7. The van der Waals surface area contributed by atoms with E-state index < -0.39 is 4.92 Å². The lowest BCUT2D eigenvalue weighted by Gasteiger charge is -2.37. The predicted molar refractivity (Wildman–Crippen MR) is 71.7 cm³/mol. The summed E-state index contributed by atoms with van der Waals surface area (Å²) >= 11 is 0. The van der Waals surface area contributed by atoms with Crippen molar-refractivity contribution in [2.45, 2.75) is 32.7 Å². The molecule has 0 saturated carbocycles. The molecule has 1 aliphatic heterocycles. The van der Waals surface area contributed by atoms with Crippen LogP contribution in [0.1, 0.15) is 26.7 Å². The van der Waals surface area contributed by atoms with Crippen molar-refractivity contribution in [3.63, 3.8) is 0 Å². The minimum Gasteiger partial charge on any atom is -0.348 e. The van der Waals surface area contributed by atoms with Crippen molar-refractivity contribution in [3.05, 3.63) is 16.4 Å². The molecular weight excluding hydrogens is 248 g/mol. The third-order valence-electron chi connectivity index (χ3n) is 3.51. The van der Waals surface area contributed by atoms with Crippen LogP contribution in [0.4, 0.5) is 17.3 Å². The van der Waals surface area contributed by atoms with Crippen molar-refractivity contribution in [3.8, 4) is 0 Å². The van der Waals surface area contributed by atoms with Gasteiger partial charge in [-0.15, -0.1) is 0 Å². The molecule has 19 heavy (non-hydrogen) atoms. The number of piperidine rings is 1. The number of nitro groups is 1. The van der Waals surface area contributed by atoms with Crippen LogP contribution >= 0.6 is 0 Å². The molecule has 3 N–H and O–H groups in total. The van der Waals surface area contributed by atoms with Crippen LogP contribution in [0.3, 0.4) is 0 Å². The zero-order valence-corrected chi connectivity index (χ0v) is 11.0. The molecule has 8 nitrogen and oxygen atoms in total. The standard InChI is InChI=1S/C11H18N6O2/c1-7-3-4-8(2)16(5-7)11-9(17(18)19)10(15-12)13-6-14-11/h6-8H,3-5,12H2,1-2H3,(H,13,14,15). The van der Waals surface area contributed by atoms with Crippen LogP contribution in [0.5, 0.6) is 0 Å². The van der Waals surface area contributed by atoms with Gasteiger partial charge in [0.15, 0.2) is 0 Å². The number of nitrogens with zero attached hydrogens (tertiary/aromatic N) is 4. The van der Waals surface area contributed by atoms with E-state index in [0.29, 0.717) is 11.7 Å².